The van der Waals surface area contributed by atoms with Crippen molar-refractivity contribution in [3.63, 3.8) is 0 Å². The zero-order chi connectivity index (χ0) is 17.6. The van der Waals surface area contributed by atoms with E-state index in [4.69, 9.17) is 0 Å². The Kier molecular flexibility index (Phi) is 9.34. The van der Waals surface area contributed by atoms with Crippen molar-refractivity contribution < 1.29 is 0 Å². The van der Waals surface area contributed by atoms with Gasteiger partial charge in [0.25, 0.3) is 0 Å². The van der Waals surface area contributed by atoms with E-state index in [1.807, 2.05) is 0 Å². The molecule has 2 aromatic carbocycles. The van der Waals surface area contributed by atoms with E-state index in [9.17, 15) is 0 Å². The van der Waals surface area contributed by atoms with Gasteiger partial charge in [0.05, 0.1) is 0 Å². The van der Waals surface area contributed by atoms with Crippen molar-refractivity contribution in [1.82, 2.24) is 0 Å². The molecule has 0 atom stereocenters. The number of hydrogen-bond donors (Lipinski definition) is 0. The van der Waals surface area contributed by atoms with E-state index in [2.05, 4.69) is 159 Å². The highest BCUT2D eigenvalue weighted by atomic mass is 79.9. The summed E-state index contributed by atoms with van der Waals surface area (Å²) in [5.41, 5.74) is 0. The molecule has 0 bridgehead atoms. The lowest BCUT2D eigenvalue weighted by atomic mass is 10.4. The molecular weight excluding hydrogens is 975 g/mol. The molecule has 0 aliphatic heterocycles. The summed E-state index contributed by atoms with van der Waals surface area (Å²) < 4.78 is 9.48. The third kappa shape index (κ3) is 4.61. The van der Waals surface area contributed by atoms with Crippen LogP contribution in [0.15, 0.2) is 54.5 Å². The third-order valence-corrected chi connectivity index (χ3v) is 17.0. The Morgan fingerprint density at radius 3 is 0.696 bits per heavy atom. The summed E-state index contributed by atoms with van der Waals surface area (Å²) in [6.45, 7) is 0. The average molecular weight is 975 g/mol. The van der Waals surface area contributed by atoms with Crippen molar-refractivity contribution in [1.29, 1.82) is 0 Å². The van der Waals surface area contributed by atoms with E-state index in [-0.39, 0.29) is 0 Å². The first-order chi connectivity index (χ1) is 10.6. The van der Waals surface area contributed by atoms with E-state index in [1.165, 1.54) is 0 Å². The van der Waals surface area contributed by atoms with Gasteiger partial charge in [-0.3, -0.25) is 0 Å². The molecule has 0 radical (unpaired) electrons. The summed E-state index contributed by atoms with van der Waals surface area (Å²) in [5, 5.41) is 0. The van der Waals surface area contributed by atoms with Gasteiger partial charge in [-0.25, -0.2) is 0 Å². The molecule has 0 nitrogen and oxygen atoms in total. The Labute approximate surface area is 221 Å². The summed E-state index contributed by atoms with van der Waals surface area (Å²) in [6, 6.07) is 0. The molecule has 2 aromatic rings. The molecule has 23 heavy (non-hydrogen) atoms. The van der Waals surface area contributed by atoms with Crippen molar-refractivity contribution in [3.05, 3.63) is 44.7 Å². The number of hydrogen-bond acceptors (Lipinski definition) is 1. The molecule has 0 saturated carbocycles. The molecule has 124 valence electrons. The maximum Gasteiger partial charge on any atom is 0.0483 e. The van der Waals surface area contributed by atoms with E-state index < -0.39 is 0 Å². The predicted molar refractivity (Wildman–Crippen MR) is 134 cm³/mol. The highest BCUT2D eigenvalue weighted by Gasteiger charge is 2.23. The Hall–Kier alpha value is 3.59. The fraction of sp³-hybridized carbons (Fsp3) is 0. The zero-order valence-electron chi connectivity index (χ0n) is 10.2. The molecule has 0 unspecified atom stereocenters. The molecule has 11 heteroatoms. The van der Waals surface area contributed by atoms with Crippen molar-refractivity contribution >= 4 is 171 Å². The minimum absolute atomic E-state index is 0.942. The first-order valence-corrected chi connectivity index (χ1v) is 14.0. The maximum atomic E-state index is 3.66. The first kappa shape index (κ1) is 22.9. The van der Waals surface area contributed by atoms with Gasteiger partial charge in [-0.05, 0) is 159 Å². The van der Waals surface area contributed by atoms with Gasteiger partial charge < -0.3 is 0 Å². The van der Waals surface area contributed by atoms with Crippen LogP contribution in [0.1, 0.15) is 0 Å². The van der Waals surface area contributed by atoms with Gasteiger partial charge in [0.2, 0.25) is 0 Å². The second-order valence-corrected chi connectivity index (χ2v) is 12.9. The maximum absolute atomic E-state index is 3.66. The smallest absolute Gasteiger partial charge is 0.0483 e. The lowest BCUT2D eigenvalue weighted by molar-refractivity contribution is 1.24. The first-order valence-electron chi connectivity index (χ1n) is 5.30. The second-order valence-electron chi connectivity index (χ2n) is 3.90. The quantitative estimate of drug-likeness (QED) is 0.213. The predicted octanol–water partition coefficient (Wildman–Crippen LogP) is 11.5. The minimum atomic E-state index is 0.942. The van der Waals surface area contributed by atoms with Crippen LogP contribution < -0.4 is 0 Å². The number of halogens is 10. The molecule has 0 fully saturated rings. The highest BCUT2D eigenvalue weighted by molar-refractivity contribution is 9.16. The summed E-state index contributed by atoms with van der Waals surface area (Å²) in [7, 11) is 0. The Morgan fingerprint density at radius 1 is 0.304 bits per heavy atom. The van der Waals surface area contributed by atoms with Gasteiger partial charge >= 0.3 is 0 Å². The van der Waals surface area contributed by atoms with Crippen LogP contribution in [0.25, 0.3) is 0 Å². The molecule has 0 heterocycles. The average Bonchev–Trinajstić information content (AvgIpc) is 2.54. The highest BCUT2D eigenvalue weighted by Crippen LogP contribution is 2.55. The van der Waals surface area contributed by atoms with E-state index >= 15 is 0 Å². The topological polar surface area (TPSA) is 0 Å². The SMILES string of the molecule is Brc1c(Br)c(Br)c(Sc2c(Br)c(Br)c(Br)c(Br)c2Br)c(Br)c1Br. The molecule has 0 saturated heterocycles. The second kappa shape index (κ2) is 9.39. The van der Waals surface area contributed by atoms with Crippen molar-refractivity contribution in [2.24, 2.45) is 0 Å². The van der Waals surface area contributed by atoms with Crippen LogP contribution in [-0.2, 0) is 0 Å². The molecule has 2 rings (SSSR count). The molecule has 0 N–H and O–H groups in total. The fourth-order valence-electron chi connectivity index (χ4n) is 1.45. The molecule has 0 aliphatic carbocycles. The van der Waals surface area contributed by atoms with Gasteiger partial charge in [-0.1, -0.05) is 11.8 Å². The summed E-state index contributed by atoms with van der Waals surface area (Å²) in [4.78, 5) is 2.07. The largest absolute Gasteiger partial charge is 0.0852 e. The summed E-state index contributed by atoms with van der Waals surface area (Å²) in [6.07, 6.45) is 0. The summed E-state index contributed by atoms with van der Waals surface area (Å²) in [5.74, 6) is 0. The lowest BCUT2D eigenvalue weighted by Gasteiger charge is -2.17. The minimum Gasteiger partial charge on any atom is -0.0852 e. The normalized spacial score (nSPS) is 11.2. The van der Waals surface area contributed by atoms with Crippen LogP contribution in [-0.4, -0.2) is 0 Å². The van der Waals surface area contributed by atoms with Crippen LogP contribution in [0.4, 0.5) is 0 Å². The van der Waals surface area contributed by atoms with Crippen molar-refractivity contribution in [3.8, 4) is 0 Å². The van der Waals surface area contributed by atoms with Crippen LogP contribution >= 0.6 is 171 Å². The van der Waals surface area contributed by atoms with E-state index in [1.54, 1.807) is 11.8 Å². The van der Waals surface area contributed by atoms with Crippen LogP contribution in [0, 0.1) is 0 Å². The van der Waals surface area contributed by atoms with E-state index in [0.717, 1.165) is 54.5 Å². The van der Waals surface area contributed by atoms with Gasteiger partial charge in [-0.15, -0.1) is 0 Å². The lowest BCUT2D eigenvalue weighted by Crippen LogP contribution is -1.89. The van der Waals surface area contributed by atoms with Crippen molar-refractivity contribution in [2.75, 3.05) is 0 Å². The standard InChI is InChI=1S/C12Br10S/c13-1-3(15)7(19)11(8(20)4(1)16)23-12-9(21)5(17)2(14)6(18)10(12)22. The van der Waals surface area contributed by atoms with Crippen LogP contribution in [0.2, 0.25) is 0 Å². The Morgan fingerprint density at radius 2 is 0.478 bits per heavy atom. The van der Waals surface area contributed by atoms with Gasteiger partial charge in [0.1, 0.15) is 0 Å². The van der Waals surface area contributed by atoms with Gasteiger partial charge in [0, 0.05) is 54.5 Å². The summed E-state index contributed by atoms with van der Waals surface area (Å²) >= 11 is 37.8. The molecule has 0 aliphatic rings. The molecule has 0 aromatic heterocycles. The van der Waals surface area contributed by atoms with Gasteiger partial charge in [0.15, 0.2) is 0 Å². The van der Waals surface area contributed by atoms with Gasteiger partial charge in [-0.2, -0.15) is 0 Å². The number of benzene rings is 2. The monoisotopic (exact) mass is 965 g/mol. The molecule has 0 amide bonds. The van der Waals surface area contributed by atoms with Crippen molar-refractivity contribution in [2.45, 2.75) is 9.79 Å². The molecule has 0 spiro atoms. The third-order valence-electron chi connectivity index (χ3n) is 2.54. The number of rotatable bonds is 2. The fourth-order valence-corrected chi connectivity index (χ4v) is 10.0. The van der Waals surface area contributed by atoms with Crippen LogP contribution in [0.5, 0.6) is 0 Å². The Bertz CT molecular complexity index is 691. The van der Waals surface area contributed by atoms with E-state index in [0.29, 0.717) is 0 Å². The van der Waals surface area contributed by atoms with Crippen LogP contribution in [0.3, 0.4) is 0 Å². The molecular formula is C12Br10S. The zero-order valence-corrected chi connectivity index (χ0v) is 26.9. The Balaban J connectivity index is 2.71.